The highest BCUT2D eigenvalue weighted by atomic mass is 32.1. The van der Waals surface area contributed by atoms with Crippen LogP contribution in [0.3, 0.4) is 0 Å². The summed E-state index contributed by atoms with van der Waals surface area (Å²) in [6.45, 7) is 0.408. The van der Waals surface area contributed by atoms with Gasteiger partial charge in [-0.3, -0.25) is 24.0 Å². The van der Waals surface area contributed by atoms with Crippen LogP contribution < -0.4 is 27.0 Å². The molecule has 0 aliphatic rings. The molecule has 0 saturated heterocycles. The van der Waals surface area contributed by atoms with Crippen molar-refractivity contribution in [3.8, 4) is 5.75 Å². The van der Waals surface area contributed by atoms with Crippen molar-refractivity contribution in [2.45, 2.75) is 25.4 Å². The molecular formula is C18H25N5O6S. The Morgan fingerprint density at radius 3 is 2.10 bits per heavy atom. The largest absolute Gasteiger partial charge is 0.508 e. The summed E-state index contributed by atoms with van der Waals surface area (Å²) in [4.78, 5) is 58.3. The minimum atomic E-state index is -0.962. The first kappa shape index (κ1) is 24.8. The SMILES string of the molecule is CC(=O)N[C@@H](Cc1ccc(O)cc1)C(=O)NCC(=O)NCC(=O)N[C@@H](CS)C(N)=O. The zero-order valence-corrected chi connectivity index (χ0v) is 17.2. The molecule has 0 radical (unpaired) electrons. The van der Waals surface area contributed by atoms with Gasteiger partial charge in [0.05, 0.1) is 13.1 Å². The molecule has 12 heteroatoms. The highest BCUT2D eigenvalue weighted by Gasteiger charge is 2.21. The Kier molecular flexibility index (Phi) is 10.2. The third kappa shape index (κ3) is 9.28. The first-order valence-electron chi connectivity index (χ1n) is 8.91. The lowest BCUT2D eigenvalue weighted by atomic mass is 10.0. The molecule has 0 bridgehead atoms. The first-order chi connectivity index (χ1) is 14.1. The quantitative estimate of drug-likeness (QED) is 0.188. The van der Waals surface area contributed by atoms with Gasteiger partial charge in [-0.2, -0.15) is 12.6 Å². The normalized spacial score (nSPS) is 12.2. The molecule has 7 N–H and O–H groups in total. The van der Waals surface area contributed by atoms with E-state index in [9.17, 15) is 29.1 Å². The zero-order valence-electron chi connectivity index (χ0n) is 16.3. The van der Waals surface area contributed by atoms with E-state index >= 15 is 0 Å². The maximum Gasteiger partial charge on any atom is 0.243 e. The van der Waals surface area contributed by atoms with Crippen LogP contribution >= 0.6 is 12.6 Å². The number of nitrogens with one attached hydrogen (secondary N) is 4. The number of hydrogen-bond acceptors (Lipinski definition) is 7. The first-order valence-corrected chi connectivity index (χ1v) is 9.54. The Morgan fingerprint density at radius 1 is 0.967 bits per heavy atom. The molecule has 0 aromatic heterocycles. The Hall–Kier alpha value is -3.28. The smallest absolute Gasteiger partial charge is 0.243 e. The van der Waals surface area contributed by atoms with Crippen LogP contribution in [0.4, 0.5) is 0 Å². The van der Waals surface area contributed by atoms with Crippen molar-refractivity contribution in [3.63, 3.8) is 0 Å². The van der Waals surface area contributed by atoms with Crippen molar-refractivity contribution in [1.29, 1.82) is 0 Å². The van der Waals surface area contributed by atoms with E-state index in [0.29, 0.717) is 5.56 Å². The molecule has 1 rings (SSSR count). The maximum absolute atomic E-state index is 12.4. The van der Waals surface area contributed by atoms with Crippen molar-refractivity contribution < 1.29 is 29.1 Å². The number of primary amides is 1. The van der Waals surface area contributed by atoms with Gasteiger partial charge in [-0.15, -0.1) is 0 Å². The van der Waals surface area contributed by atoms with E-state index in [1.165, 1.54) is 19.1 Å². The molecular weight excluding hydrogens is 414 g/mol. The predicted octanol–water partition coefficient (Wildman–Crippen LogP) is -2.43. The van der Waals surface area contributed by atoms with E-state index in [4.69, 9.17) is 5.73 Å². The maximum atomic E-state index is 12.4. The second-order valence-corrected chi connectivity index (χ2v) is 6.69. The molecule has 0 spiro atoms. The molecule has 164 valence electrons. The number of nitrogens with two attached hydrogens (primary N) is 1. The lowest BCUT2D eigenvalue weighted by Crippen LogP contribution is -2.51. The van der Waals surface area contributed by atoms with Crippen LogP contribution in [-0.4, -0.2) is 65.6 Å². The van der Waals surface area contributed by atoms with Gasteiger partial charge < -0.3 is 32.1 Å². The van der Waals surface area contributed by atoms with Crippen LogP contribution in [0.5, 0.6) is 5.75 Å². The Morgan fingerprint density at radius 2 is 1.57 bits per heavy atom. The average molecular weight is 439 g/mol. The molecule has 1 aromatic carbocycles. The third-order valence-electron chi connectivity index (χ3n) is 3.80. The molecule has 5 amide bonds. The Bertz CT molecular complexity index is 786. The number of hydrogen-bond donors (Lipinski definition) is 7. The number of thiol groups is 1. The van der Waals surface area contributed by atoms with Crippen LogP contribution in [0, 0.1) is 0 Å². The van der Waals surface area contributed by atoms with Gasteiger partial charge in [0, 0.05) is 19.1 Å². The summed E-state index contributed by atoms with van der Waals surface area (Å²) >= 11 is 3.88. The lowest BCUT2D eigenvalue weighted by Gasteiger charge is -2.18. The second-order valence-electron chi connectivity index (χ2n) is 6.32. The van der Waals surface area contributed by atoms with Crippen LogP contribution in [0.1, 0.15) is 12.5 Å². The van der Waals surface area contributed by atoms with E-state index in [1.807, 2.05) is 0 Å². The van der Waals surface area contributed by atoms with Crippen LogP contribution in [0.25, 0.3) is 0 Å². The number of carbonyl (C=O) groups excluding carboxylic acids is 5. The molecule has 0 aliphatic carbocycles. The van der Waals surface area contributed by atoms with E-state index in [1.54, 1.807) is 12.1 Å². The summed E-state index contributed by atoms with van der Waals surface area (Å²) in [6.07, 6.45) is 0.147. The Balaban J connectivity index is 2.52. The highest BCUT2D eigenvalue weighted by molar-refractivity contribution is 7.80. The zero-order chi connectivity index (χ0) is 22.7. The molecule has 0 heterocycles. The van der Waals surface area contributed by atoms with Crippen LogP contribution in [-0.2, 0) is 30.4 Å². The third-order valence-corrected chi connectivity index (χ3v) is 4.17. The minimum Gasteiger partial charge on any atom is -0.508 e. The van der Waals surface area contributed by atoms with Crippen LogP contribution in [0.15, 0.2) is 24.3 Å². The van der Waals surface area contributed by atoms with Gasteiger partial charge >= 0.3 is 0 Å². The number of rotatable bonds is 11. The number of phenols is 1. The Labute approximate surface area is 178 Å². The van der Waals surface area contributed by atoms with Crippen molar-refractivity contribution in [3.05, 3.63) is 29.8 Å². The molecule has 11 nitrogen and oxygen atoms in total. The molecule has 2 atom stereocenters. The van der Waals surface area contributed by atoms with Crippen molar-refractivity contribution in [2.24, 2.45) is 5.73 Å². The van der Waals surface area contributed by atoms with Gasteiger partial charge in [-0.1, -0.05) is 12.1 Å². The topological polar surface area (TPSA) is 180 Å². The fraction of sp³-hybridized carbons (Fsp3) is 0.389. The highest BCUT2D eigenvalue weighted by Crippen LogP contribution is 2.11. The molecule has 30 heavy (non-hydrogen) atoms. The number of benzene rings is 1. The standard InChI is InChI=1S/C18H25N5O6S/c1-10(24)22-13(6-11-2-4-12(25)5-3-11)18(29)21-7-15(26)20-8-16(27)23-14(9-30)17(19)28/h2-5,13-14,25,30H,6-9H2,1H3,(H2,19,28)(H,20,26)(H,21,29)(H,22,24)(H,23,27)/t13-,14-/m0/s1. The van der Waals surface area contributed by atoms with Crippen molar-refractivity contribution in [1.82, 2.24) is 21.3 Å². The van der Waals surface area contributed by atoms with Gasteiger partial charge in [-0.25, -0.2) is 0 Å². The molecule has 0 fully saturated rings. The minimum absolute atomic E-state index is 0.0106. The van der Waals surface area contributed by atoms with Gasteiger partial charge in [-0.05, 0) is 17.7 Å². The predicted molar refractivity (Wildman–Crippen MR) is 110 cm³/mol. The van der Waals surface area contributed by atoms with Gasteiger partial charge in [0.2, 0.25) is 29.5 Å². The van der Waals surface area contributed by atoms with Crippen molar-refractivity contribution >= 4 is 42.2 Å². The lowest BCUT2D eigenvalue weighted by molar-refractivity contribution is -0.130. The fourth-order valence-corrected chi connectivity index (χ4v) is 2.58. The van der Waals surface area contributed by atoms with E-state index in [2.05, 4.69) is 33.9 Å². The summed E-state index contributed by atoms with van der Waals surface area (Å²) in [5.74, 6) is -2.99. The molecule has 0 unspecified atom stereocenters. The number of amides is 5. The van der Waals surface area contributed by atoms with Crippen LogP contribution in [0.2, 0.25) is 0 Å². The molecule has 0 aliphatic heterocycles. The fourth-order valence-electron chi connectivity index (χ4n) is 2.31. The second kappa shape index (κ2) is 12.3. The summed E-state index contributed by atoms with van der Waals surface area (Å²) in [5, 5.41) is 18.8. The van der Waals surface area contributed by atoms with Gasteiger partial charge in [0.1, 0.15) is 17.8 Å². The number of carbonyl (C=O) groups is 5. The monoisotopic (exact) mass is 439 g/mol. The van der Waals surface area contributed by atoms with E-state index < -0.39 is 54.7 Å². The average Bonchev–Trinajstić information content (AvgIpc) is 2.69. The number of aromatic hydroxyl groups is 1. The van der Waals surface area contributed by atoms with Gasteiger partial charge in [0.15, 0.2) is 0 Å². The molecule has 0 saturated carbocycles. The van der Waals surface area contributed by atoms with Crippen molar-refractivity contribution in [2.75, 3.05) is 18.8 Å². The summed E-state index contributed by atoms with van der Waals surface area (Å²) in [5.41, 5.74) is 5.77. The van der Waals surface area contributed by atoms with E-state index in [-0.39, 0.29) is 17.9 Å². The van der Waals surface area contributed by atoms with Gasteiger partial charge in [0.25, 0.3) is 0 Å². The summed E-state index contributed by atoms with van der Waals surface area (Å²) in [6, 6.07) is 4.21. The summed E-state index contributed by atoms with van der Waals surface area (Å²) < 4.78 is 0. The van der Waals surface area contributed by atoms with E-state index in [0.717, 1.165) is 0 Å². The molecule has 1 aromatic rings. The number of phenolic OH excluding ortho intramolecular Hbond substituents is 1. The summed E-state index contributed by atoms with van der Waals surface area (Å²) in [7, 11) is 0.